The number of aryl methyl sites for hydroxylation is 1. The predicted molar refractivity (Wildman–Crippen MR) is 112 cm³/mol. The van der Waals surface area contributed by atoms with E-state index in [1.807, 2.05) is 20.8 Å². The second-order valence-electron chi connectivity index (χ2n) is 7.13. The standard InChI is InChI=1S/C20H23F3N6O.Pb/c1-5-13-12(4)25-19(26-16(13)24)29-17(10(2)11(3)28-29)27-18(30)14-8-6-7-9-15(14)20(21,22)23;/h6-9,11,28H,5H2,1-4H3,(H3,24,25,26,27,30);/q;+1/p-1. The van der Waals surface area contributed by atoms with Crippen LogP contribution in [0.15, 0.2) is 35.7 Å². The van der Waals surface area contributed by atoms with Gasteiger partial charge >= 0.3 is 195 Å². The number of carbonyl (C=O) groups is 1. The normalized spacial score (nSPS) is 16.6. The van der Waals surface area contributed by atoms with Gasteiger partial charge in [-0.1, -0.05) is 0 Å². The Hall–Kier alpha value is -2.22. The molecule has 0 saturated carbocycles. The van der Waals surface area contributed by atoms with Crippen LogP contribution in [0.25, 0.3) is 0 Å². The average Bonchev–Trinajstić information content (AvgIpc) is 3.00. The molecule has 1 atom stereocenters. The molecule has 7 nitrogen and oxygen atoms in total. The summed E-state index contributed by atoms with van der Waals surface area (Å²) in [5.41, 5.74) is 4.27. The monoisotopic (exact) mass is 627 g/mol. The van der Waals surface area contributed by atoms with Gasteiger partial charge in [0.2, 0.25) is 0 Å². The van der Waals surface area contributed by atoms with E-state index in [-0.39, 0.29) is 6.04 Å². The summed E-state index contributed by atoms with van der Waals surface area (Å²) in [6.07, 6.45) is -3.88. The molecule has 3 rings (SSSR count). The van der Waals surface area contributed by atoms with Gasteiger partial charge in [-0.2, -0.15) is 0 Å². The van der Waals surface area contributed by atoms with Gasteiger partial charge in [0.25, 0.3) is 0 Å². The molecule has 1 aliphatic heterocycles. The zero-order chi connectivity index (χ0) is 22.9. The van der Waals surface area contributed by atoms with Crippen LogP contribution in [-0.4, -0.2) is 48.0 Å². The van der Waals surface area contributed by atoms with Crippen LogP contribution < -0.4 is 18.9 Å². The molecule has 0 bridgehead atoms. The van der Waals surface area contributed by atoms with E-state index in [4.69, 9.17) is 0 Å². The van der Waals surface area contributed by atoms with Crippen LogP contribution in [0.1, 0.15) is 48.0 Å². The number of halogens is 3. The van der Waals surface area contributed by atoms with E-state index in [9.17, 15) is 18.0 Å². The zero-order valence-corrected chi connectivity index (χ0v) is 21.4. The number of amides is 1. The molecule has 0 aliphatic carbocycles. The molecule has 1 aromatic heterocycles. The van der Waals surface area contributed by atoms with Crippen LogP contribution in [-0.2, 0) is 12.6 Å². The van der Waals surface area contributed by atoms with Gasteiger partial charge in [0.1, 0.15) is 0 Å². The number of alkyl halides is 3. The molecule has 31 heavy (non-hydrogen) atoms. The summed E-state index contributed by atoms with van der Waals surface area (Å²) in [5.74, 6) is 0.476. The number of aromatic nitrogens is 2. The molecular weight excluding hydrogens is 604 g/mol. The van der Waals surface area contributed by atoms with Crippen molar-refractivity contribution in [2.24, 2.45) is 0 Å². The predicted octanol–water partition coefficient (Wildman–Crippen LogP) is 3.24. The molecule has 163 valence electrons. The third-order valence-electron chi connectivity index (χ3n) is 5.15. The van der Waals surface area contributed by atoms with Crippen molar-refractivity contribution in [2.45, 2.75) is 46.3 Å². The SMILES string of the molecule is CCc1c(C)nc(N2NC(C)C(C)=C2NC(=O)c2ccccc2C(F)(F)F)nc1[NH][Pb]. The maximum absolute atomic E-state index is 13.4. The van der Waals surface area contributed by atoms with Gasteiger partial charge in [0.05, 0.1) is 0 Å². The third-order valence-corrected chi connectivity index (χ3v) is 6.07. The third kappa shape index (κ3) is 4.69. The minimum atomic E-state index is -4.64. The number of rotatable bonds is 5. The van der Waals surface area contributed by atoms with Crippen molar-refractivity contribution in [1.29, 1.82) is 0 Å². The van der Waals surface area contributed by atoms with Crippen LogP contribution >= 0.6 is 0 Å². The van der Waals surface area contributed by atoms with Crippen molar-refractivity contribution in [3.05, 3.63) is 58.0 Å². The first-order chi connectivity index (χ1) is 14.6. The van der Waals surface area contributed by atoms with E-state index in [1.54, 1.807) is 6.92 Å². The van der Waals surface area contributed by atoms with Crippen LogP contribution in [0.4, 0.5) is 24.9 Å². The zero-order valence-electron chi connectivity index (χ0n) is 17.5. The van der Waals surface area contributed by atoms with E-state index in [0.29, 0.717) is 43.7 Å². The summed E-state index contributed by atoms with van der Waals surface area (Å²) in [5, 5.41) is 4.15. The summed E-state index contributed by atoms with van der Waals surface area (Å²) in [6, 6.07) is 4.53. The molecule has 0 saturated heterocycles. The van der Waals surface area contributed by atoms with Crippen molar-refractivity contribution < 1.29 is 18.0 Å². The van der Waals surface area contributed by atoms with Gasteiger partial charge in [-0.3, -0.25) is 0 Å². The molecule has 2 aromatic rings. The van der Waals surface area contributed by atoms with E-state index in [2.05, 4.69) is 23.8 Å². The number of benzene rings is 1. The molecule has 0 spiro atoms. The molecule has 1 aliphatic rings. The van der Waals surface area contributed by atoms with E-state index >= 15 is 0 Å². The maximum atomic E-state index is 13.4. The Kier molecular flexibility index (Phi) is 6.89. The van der Waals surface area contributed by atoms with Crippen LogP contribution in [0.2, 0.25) is 0 Å². The van der Waals surface area contributed by atoms with Crippen LogP contribution in [0, 0.1) is 6.92 Å². The van der Waals surface area contributed by atoms with Gasteiger partial charge in [-0.15, -0.1) is 0 Å². The molecule has 11 heteroatoms. The van der Waals surface area contributed by atoms with Gasteiger partial charge in [0.15, 0.2) is 0 Å². The average molecular weight is 627 g/mol. The van der Waals surface area contributed by atoms with Gasteiger partial charge in [-0.05, 0) is 0 Å². The molecule has 1 amide bonds. The molecule has 3 radical (unpaired) electrons. The number of nitrogens with one attached hydrogen (secondary N) is 3. The Morgan fingerprint density at radius 3 is 2.55 bits per heavy atom. The van der Waals surface area contributed by atoms with Crippen molar-refractivity contribution in [3.63, 3.8) is 0 Å². The van der Waals surface area contributed by atoms with Crippen LogP contribution in [0.5, 0.6) is 0 Å². The molecular formula is C20H22F3N6OPb. The summed E-state index contributed by atoms with van der Waals surface area (Å²) < 4.78 is 43.3. The van der Waals surface area contributed by atoms with Gasteiger partial charge in [0, 0.05) is 0 Å². The van der Waals surface area contributed by atoms with Crippen molar-refractivity contribution in [2.75, 3.05) is 8.14 Å². The van der Waals surface area contributed by atoms with E-state index in [1.165, 1.54) is 17.1 Å². The number of carbonyl (C=O) groups excluding carboxylic acids is 1. The molecule has 2 heterocycles. The first-order valence-corrected chi connectivity index (χ1v) is 11.6. The topological polar surface area (TPSA) is 82.2 Å². The Morgan fingerprint density at radius 2 is 1.94 bits per heavy atom. The Labute approximate surface area is 194 Å². The second kappa shape index (κ2) is 9.11. The summed E-state index contributed by atoms with van der Waals surface area (Å²) >= 11 is 0.684. The number of hydrogen-bond donors (Lipinski definition) is 3. The first kappa shape index (κ1) is 23.4. The molecule has 1 unspecified atom stereocenters. The van der Waals surface area contributed by atoms with E-state index in [0.717, 1.165) is 35.4 Å². The van der Waals surface area contributed by atoms with Gasteiger partial charge in [-0.25, -0.2) is 0 Å². The van der Waals surface area contributed by atoms with Crippen molar-refractivity contribution in [1.82, 2.24) is 20.7 Å². The van der Waals surface area contributed by atoms with Gasteiger partial charge < -0.3 is 0 Å². The summed E-state index contributed by atoms with van der Waals surface area (Å²) in [6.45, 7) is 7.56. The van der Waals surface area contributed by atoms with E-state index < -0.39 is 23.2 Å². The fourth-order valence-electron chi connectivity index (χ4n) is 3.36. The number of hydrazine groups is 1. The second-order valence-corrected chi connectivity index (χ2v) is 8.10. The molecule has 1 aromatic carbocycles. The Balaban J connectivity index is 1.99. The minimum absolute atomic E-state index is 0.171. The molecule has 0 fully saturated rings. The Bertz CT molecular complexity index is 1040. The number of anilines is 2. The summed E-state index contributed by atoms with van der Waals surface area (Å²) in [4.78, 5) is 22.0. The van der Waals surface area contributed by atoms with Crippen molar-refractivity contribution in [3.8, 4) is 0 Å². The number of nitrogens with zero attached hydrogens (tertiary/aromatic N) is 3. The van der Waals surface area contributed by atoms with Crippen LogP contribution in [0.3, 0.4) is 0 Å². The fraction of sp³-hybridized carbons (Fsp3) is 0.350. The summed E-state index contributed by atoms with van der Waals surface area (Å²) in [7, 11) is 0. The number of hydrogen-bond acceptors (Lipinski definition) is 6. The fourth-order valence-corrected chi connectivity index (χ4v) is 4.16. The molecule has 3 N–H and O–H groups in total. The quantitative estimate of drug-likeness (QED) is 0.443. The Morgan fingerprint density at radius 1 is 1.26 bits per heavy atom. The first-order valence-electron chi connectivity index (χ1n) is 9.63. The van der Waals surface area contributed by atoms with Crippen molar-refractivity contribution >= 4 is 43.7 Å².